The lowest BCUT2D eigenvalue weighted by Crippen LogP contribution is -2.44. The fraction of sp³-hybridized carbons (Fsp3) is 0.350. The number of aliphatic hydroxyl groups is 1. The molecule has 0 radical (unpaired) electrons. The lowest BCUT2D eigenvalue weighted by Gasteiger charge is -2.25. The second-order valence-electron chi connectivity index (χ2n) is 6.57. The second kappa shape index (κ2) is 6.83. The Hall–Kier alpha value is -2.64. The topological polar surface area (TPSA) is 54.2 Å². The number of β-amino-alcohol motifs (C(OH)–C–C–N with tert-alkyl or cyclic N) is 1. The van der Waals surface area contributed by atoms with Gasteiger partial charge in [0, 0.05) is 6.07 Å². The minimum atomic E-state index is -1.49. The van der Waals surface area contributed by atoms with Crippen LogP contribution in [0.4, 0.5) is 10.1 Å². The maximum Gasteiger partial charge on any atom is 0.281 e. The lowest BCUT2D eigenvalue weighted by molar-refractivity contribution is -0.664. The van der Waals surface area contributed by atoms with Crippen LogP contribution in [0.5, 0.6) is 11.5 Å². The minimum Gasteiger partial charge on any atom is -0.497 e. The largest absolute Gasteiger partial charge is 0.497 e. The van der Waals surface area contributed by atoms with E-state index in [-0.39, 0.29) is 12.1 Å². The molecule has 0 amide bonds. The highest BCUT2D eigenvalue weighted by molar-refractivity contribution is 5.97. The molecular formula is C20H22FN2O4+. The molecule has 27 heavy (non-hydrogen) atoms. The van der Waals surface area contributed by atoms with Crippen molar-refractivity contribution in [2.24, 2.45) is 0 Å². The van der Waals surface area contributed by atoms with Crippen LogP contribution in [0.25, 0.3) is 0 Å². The molecule has 0 aromatic heterocycles. The van der Waals surface area contributed by atoms with Crippen LogP contribution in [-0.4, -0.2) is 56.0 Å². The molecule has 0 spiro atoms. The molecule has 7 heteroatoms. The van der Waals surface area contributed by atoms with Gasteiger partial charge in [0.1, 0.15) is 36.2 Å². The first-order valence-corrected chi connectivity index (χ1v) is 8.76. The van der Waals surface area contributed by atoms with E-state index in [0.29, 0.717) is 25.5 Å². The van der Waals surface area contributed by atoms with Crippen LogP contribution in [0.2, 0.25) is 0 Å². The first-order valence-electron chi connectivity index (χ1n) is 8.76. The third kappa shape index (κ3) is 2.93. The van der Waals surface area contributed by atoms with E-state index in [1.165, 1.54) is 13.2 Å². The Labute approximate surface area is 157 Å². The molecule has 4 rings (SSSR count). The van der Waals surface area contributed by atoms with E-state index < -0.39 is 11.5 Å². The fourth-order valence-electron chi connectivity index (χ4n) is 3.73. The first kappa shape index (κ1) is 17.8. The summed E-state index contributed by atoms with van der Waals surface area (Å²) in [4.78, 5) is 1.96. The van der Waals surface area contributed by atoms with Crippen molar-refractivity contribution in [1.82, 2.24) is 0 Å². The van der Waals surface area contributed by atoms with Gasteiger partial charge in [-0.15, -0.1) is 0 Å². The fourth-order valence-corrected chi connectivity index (χ4v) is 3.73. The summed E-state index contributed by atoms with van der Waals surface area (Å²) in [6, 6.07) is 12.1. The molecule has 1 atom stereocenters. The quantitative estimate of drug-likeness (QED) is 0.831. The van der Waals surface area contributed by atoms with Gasteiger partial charge in [-0.2, -0.15) is 0 Å². The number of hydrogen-bond acceptors (Lipinski definition) is 5. The normalized spacial score (nSPS) is 22.0. The predicted octanol–water partition coefficient (Wildman–Crippen LogP) is 1.95. The molecule has 0 saturated carbocycles. The molecule has 1 unspecified atom stereocenters. The average molecular weight is 373 g/mol. The van der Waals surface area contributed by atoms with E-state index in [1.54, 1.807) is 19.2 Å². The Morgan fingerprint density at radius 3 is 2.48 bits per heavy atom. The number of ether oxygens (including phenoxy) is 3. The summed E-state index contributed by atoms with van der Waals surface area (Å²) in [7, 11) is 3.10. The van der Waals surface area contributed by atoms with E-state index in [0.717, 1.165) is 17.3 Å². The zero-order valence-corrected chi connectivity index (χ0v) is 15.3. The summed E-state index contributed by atoms with van der Waals surface area (Å²) in [5.41, 5.74) is -0.389. The summed E-state index contributed by atoms with van der Waals surface area (Å²) in [6.07, 6.45) is 0. The van der Waals surface area contributed by atoms with Gasteiger partial charge in [0.15, 0.2) is 6.54 Å². The van der Waals surface area contributed by atoms with Crippen LogP contribution >= 0.6 is 0 Å². The summed E-state index contributed by atoms with van der Waals surface area (Å²) < 4.78 is 32.5. The van der Waals surface area contributed by atoms with Crippen molar-refractivity contribution >= 4 is 11.5 Å². The summed E-state index contributed by atoms with van der Waals surface area (Å²) in [5, 5.41) is 11.5. The SMILES string of the molecule is COc1ccc(N2CC(O)(c3ccc(OC)cc3F)[N+]3=C2COCC3)cc1. The molecule has 2 aromatic carbocycles. The Balaban J connectivity index is 1.77. The maximum atomic E-state index is 14.8. The number of methoxy groups -OCH3 is 2. The maximum absolute atomic E-state index is 14.8. The predicted molar refractivity (Wildman–Crippen MR) is 98.1 cm³/mol. The Kier molecular flexibility index (Phi) is 4.49. The van der Waals surface area contributed by atoms with Crippen molar-refractivity contribution in [3.63, 3.8) is 0 Å². The molecule has 2 aliphatic rings. The van der Waals surface area contributed by atoms with Crippen LogP contribution in [-0.2, 0) is 10.5 Å². The Morgan fingerprint density at radius 1 is 1.11 bits per heavy atom. The van der Waals surface area contributed by atoms with Gasteiger partial charge in [-0.05, 0) is 36.4 Å². The average Bonchev–Trinajstić information content (AvgIpc) is 3.02. The van der Waals surface area contributed by atoms with E-state index >= 15 is 0 Å². The number of nitrogens with zero attached hydrogens (tertiary/aromatic N) is 2. The Bertz CT molecular complexity index is 884. The monoisotopic (exact) mass is 373 g/mol. The lowest BCUT2D eigenvalue weighted by atomic mass is 10.0. The Morgan fingerprint density at radius 2 is 1.81 bits per heavy atom. The molecule has 142 valence electrons. The highest BCUT2D eigenvalue weighted by atomic mass is 19.1. The summed E-state index contributed by atoms with van der Waals surface area (Å²) in [5.74, 6) is 1.47. The molecule has 0 saturated heterocycles. The van der Waals surface area contributed by atoms with Crippen molar-refractivity contribution < 1.29 is 28.3 Å². The zero-order chi connectivity index (χ0) is 19.0. The van der Waals surface area contributed by atoms with Gasteiger partial charge in [0.2, 0.25) is 0 Å². The van der Waals surface area contributed by atoms with E-state index in [1.807, 2.05) is 33.7 Å². The first-order chi connectivity index (χ1) is 13.1. The zero-order valence-electron chi connectivity index (χ0n) is 15.3. The molecule has 2 aromatic rings. The third-order valence-electron chi connectivity index (χ3n) is 5.13. The molecule has 0 bridgehead atoms. The van der Waals surface area contributed by atoms with Gasteiger partial charge in [-0.3, -0.25) is 0 Å². The van der Waals surface area contributed by atoms with E-state index in [4.69, 9.17) is 14.2 Å². The number of anilines is 1. The number of rotatable bonds is 4. The van der Waals surface area contributed by atoms with Crippen molar-refractivity contribution in [2.75, 3.05) is 45.4 Å². The van der Waals surface area contributed by atoms with Gasteiger partial charge in [-0.25, -0.2) is 13.9 Å². The molecule has 1 N–H and O–H groups in total. The van der Waals surface area contributed by atoms with Crippen molar-refractivity contribution in [1.29, 1.82) is 0 Å². The number of halogens is 1. The van der Waals surface area contributed by atoms with Crippen molar-refractivity contribution in [3.05, 3.63) is 53.8 Å². The van der Waals surface area contributed by atoms with Gasteiger partial charge in [0.25, 0.3) is 11.6 Å². The van der Waals surface area contributed by atoms with Crippen molar-refractivity contribution in [3.8, 4) is 11.5 Å². The molecule has 0 fully saturated rings. The molecule has 2 heterocycles. The van der Waals surface area contributed by atoms with Crippen LogP contribution < -0.4 is 14.4 Å². The molecule has 6 nitrogen and oxygen atoms in total. The van der Waals surface area contributed by atoms with Gasteiger partial charge in [0.05, 0.1) is 26.4 Å². The summed E-state index contributed by atoms with van der Waals surface area (Å²) in [6.45, 7) is 1.50. The second-order valence-corrected chi connectivity index (χ2v) is 6.57. The van der Waals surface area contributed by atoms with E-state index in [9.17, 15) is 9.50 Å². The number of hydrogen-bond donors (Lipinski definition) is 1. The molecule has 2 aliphatic heterocycles. The van der Waals surface area contributed by atoms with Gasteiger partial charge in [-0.1, -0.05) is 0 Å². The van der Waals surface area contributed by atoms with Gasteiger partial charge < -0.3 is 19.3 Å². The van der Waals surface area contributed by atoms with Gasteiger partial charge >= 0.3 is 0 Å². The highest BCUT2D eigenvalue weighted by Gasteiger charge is 2.54. The number of amidine groups is 1. The smallest absolute Gasteiger partial charge is 0.281 e. The van der Waals surface area contributed by atoms with Crippen LogP contribution in [0.3, 0.4) is 0 Å². The molecular weight excluding hydrogens is 351 g/mol. The van der Waals surface area contributed by atoms with Crippen LogP contribution in [0.1, 0.15) is 5.56 Å². The molecule has 0 aliphatic carbocycles. The van der Waals surface area contributed by atoms with Crippen LogP contribution in [0, 0.1) is 5.82 Å². The highest BCUT2D eigenvalue weighted by Crippen LogP contribution is 2.36. The third-order valence-corrected chi connectivity index (χ3v) is 5.13. The standard InChI is InChI=1S/C20H22FN2O4/c1-25-15-5-3-14(4-6-15)22-13-20(24,23-9-10-27-12-19(22)23)17-8-7-16(26-2)11-18(17)21/h3-8,11,24H,9-10,12-13H2,1-2H3/q+1. The summed E-state index contributed by atoms with van der Waals surface area (Å²) >= 11 is 0. The van der Waals surface area contributed by atoms with E-state index in [2.05, 4.69) is 0 Å². The van der Waals surface area contributed by atoms with Crippen LogP contribution in [0.15, 0.2) is 42.5 Å². The minimum absolute atomic E-state index is 0.196. The van der Waals surface area contributed by atoms with Crippen molar-refractivity contribution in [2.45, 2.75) is 5.72 Å². The number of benzene rings is 2.